The van der Waals surface area contributed by atoms with E-state index >= 15 is 0 Å². The molecule has 0 aliphatic heterocycles. The molecule has 0 atom stereocenters. The molecule has 0 radical (unpaired) electrons. The van der Waals surface area contributed by atoms with Crippen molar-refractivity contribution in [1.29, 1.82) is 0 Å². The normalized spacial score (nSPS) is 9.94. The van der Waals surface area contributed by atoms with Crippen LogP contribution in [0.4, 0.5) is 15.8 Å². The van der Waals surface area contributed by atoms with E-state index in [0.29, 0.717) is 17.9 Å². The van der Waals surface area contributed by atoms with Crippen LogP contribution in [-0.4, -0.2) is 19.1 Å². The van der Waals surface area contributed by atoms with Crippen molar-refractivity contribution < 1.29 is 13.9 Å². The van der Waals surface area contributed by atoms with Gasteiger partial charge in [-0.2, -0.15) is 0 Å². The van der Waals surface area contributed by atoms with Gasteiger partial charge in [-0.15, -0.1) is 0 Å². The number of nitrogen functional groups attached to an aromatic ring is 1. The number of halogens is 1. The Morgan fingerprint density at radius 1 is 1.56 bits per heavy atom. The number of carbonyl (C=O) groups is 1. The van der Waals surface area contributed by atoms with Crippen LogP contribution in [0.15, 0.2) is 12.1 Å². The standard InChI is InChI=1S/C11H15FN2O2/c1-3-16-11(15)6-14-10-4-7(2)8(12)5-9(10)13/h4-5,14H,3,6,13H2,1-2H3. The molecule has 0 aliphatic carbocycles. The van der Waals surface area contributed by atoms with Crippen molar-refractivity contribution >= 4 is 17.3 Å². The fraction of sp³-hybridized carbons (Fsp3) is 0.364. The number of nitrogens with two attached hydrogens (primary N) is 1. The minimum atomic E-state index is -0.371. The van der Waals surface area contributed by atoms with E-state index in [4.69, 9.17) is 10.5 Å². The summed E-state index contributed by atoms with van der Waals surface area (Å²) in [6.07, 6.45) is 0. The number of aryl methyl sites for hydroxylation is 1. The van der Waals surface area contributed by atoms with E-state index in [9.17, 15) is 9.18 Å². The molecule has 5 heteroatoms. The number of hydrogen-bond donors (Lipinski definition) is 2. The van der Waals surface area contributed by atoms with Crippen LogP contribution in [0.1, 0.15) is 12.5 Å². The number of benzene rings is 1. The van der Waals surface area contributed by atoms with Gasteiger partial charge in [0.15, 0.2) is 0 Å². The lowest BCUT2D eigenvalue weighted by Crippen LogP contribution is -2.17. The van der Waals surface area contributed by atoms with Gasteiger partial charge in [-0.3, -0.25) is 4.79 Å². The van der Waals surface area contributed by atoms with Gasteiger partial charge in [0.25, 0.3) is 0 Å². The molecule has 1 rings (SSSR count). The number of rotatable bonds is 4. The lowest BCUT2D eigenvalue weighted by atomic mass is 10.2. The number of nitrogens with one attached hydrogen (secondary N) is 1. The lowest BCUT2D eigenvalue weighted by Gasteiger charge is -2.10. The summed E-state index contributed by atoms with van der Waals surface area (Å²) < 4.78 is 17.8. The second-order valence-corrected chi connectivity index (χ2v) is 3.35. The number of ether oxygens (including phenoxy) is 1. The molecule has 0 unspecified atom stereocenters. The van der Waals surface area contributed by atoms with Crippen LogP contribution in [0.5, 0.6) is 0 Å². The Bertz CT molecular complexity index is 394. The molecule has 0 spiro atoms. The van der Waals surface area contributed by atoms with E-state index in [0.717, 1.165) is 0 Å². The first-order chi connectivity index (χ1) is 7.54. The van der Waals surface area contributed by atoms with Crippen LogP contribution in [0, 0.1) is 12.7 Å². The number of carbonyl (C=O) groups excluding carboxylic acids is 1. The lowest BCUT2D eigenvalue weighted by molar-refractivity contribution is -0.140. The summed E-state index contributed by atoms with van der Waals surface area (Å²) in [5, 5.41) is 2.80. The maximum atomic E-state index is 13.1. The largest absolute Gasteiger partial charge is 0.465 e. The van der Waals surface area contributed by atoms with Gasteiger partial charge in [-0.05, 0) is 31.5 Å². The van der Waals surface area contributed by atoms with Crippen molar-refractivity contribution in [2.75, 3.05) is 24.2 Å². The van der Waals surface area contributed by atoms with E-state index < -0.39 is 0 Å². The van der Waals surface area contributed by atoms with Crippen LogP contribution >= 0.6 is 0 Å². The van der Waals surface area contributed by atoms with Crippen molar-refractivity contribution in [1.82, 2.24) is 0 Å². The Morgan fingerprint density at radius 2 is 2.25 bits per heavy atom. The molecule has 16 heavy (non-hydrogen) atoms. The first kappa shape index (κ1) is 12.3. The van der Waals surface area contributed by atoms with Crippen LogP contribution in [0.25, 0.3) is 0 Å². The predicted octanol–water partition coefficient (Wildman–Crippen LogP) is 1.69. The Kier molecular flexibility index (Phi) is 4.10. The molecule has 88 valence electrons. The van der Waals surface area contributed by atoms with Crippen LogP contribution in [0.2, 0.25) is 0 Å². The molecule has 1 aromatic rings. The van der Waals surface area contributed by atoms with E-state index in [1.165, 1.54) is 6.07 Å². The highest BCUT2D eigenvalue weighted by atomic mass is 19.1. The minimum absolute atomic E-state index is 0.0170. The van der Waals surface area contributed by atoms with Crippen molar-refractivity contribution in [3.8, 4) is 0 Å². The molecule has 3 N–H and O–H groups in total. The SMILES string of the molecule is CCOC(=O)CNc1cc(C)c(F)cc1N. The smallest absolute Gasteiger partial charge is 0.325 e. The third kappa shape index (κ3) is 3.12. The van der Waals surface area contributed by atoms with Crippen LogP contribution in [0.3, 0.4) is 0 Å². The van der Waals surface area contributed by atoms with E-state index in [1.54, 1.807) is 19.9 Å². The van der Waals surface area contributed by atoms with Crippen molar-refractivity contribution in [3.63, 3.8) is 0 Å². The molecule has 0 heterocycles. The Balaban J connectivity index is 2.67. The molecule has 0 bridgehead atoms. The van der Waals surface area contributed by atoms with Crippen LogP contribution < -0.4 is 11.1 Å². The highest BCUT2D eigenvalue weighted by molar-refractivity contribution is 5.77. The second kappa shape index (κ2) is 5.34. The predicted molar refractivity (Wildman–Crippen MR) is 60.7 cm³/mol. The minimum Gasteiger partial charge on any atom is -0.465 e. The maximum Gasteiger partial charge on any atom is 0.325 e. The molecule has 4 nitrogen and oxygen atoms in total. The third-order valence-electron chi connectivity index (χ3n) is 2.06. The summed E-state index contributed by atoms with van der Waals surface area (Å²) in [5.74, 6) is -0.733. The summed E-state index contributed by atoms with van der Waals surface area (Å²) in [5.41, 5.74) is 6.87. The third-order valence-corrected chi connectivity index (χ3v) is 2.06. The van der Waals surface area contributed by atoms with Gasteiger partial charge in [0.1, 0.15) is 12.4 Å². The molecule has 0 aliphatic rings. The molecular weight excluding hydrogens is 211 g/mol. The van der Waals surface area contributed by atoms with E-state index in [1.807, 2.05) is 0 Å². The second-order valence-electron chi connectivity index (χ2n) is 3.35. The Morgan fingerprint density at radius 3 is 2.88 bits per heavy atom. The monoisotopic (exact) mass is 226 g/mol. The first-order valence-electron chi connectivity index (χ1n) is 4.99. The van der Waals surface area contributed by atoms with E-state index in [2.05, 4.69) is 5.32 Å². The van der Waals surface area contributed by atoms with Gasteiger partial charge in [0.2, 0.25) is 0 Å². The van der Waals surface area contributed by atoms with Crippen molar-refractivity contribution in [2.24, 2.45) is 0 Å². The molecular formula is C11H15FN2O2. The zero-order valence-electron chi connectivity index (χ0n) is 9.34. The molecule has 0 saturated carbocycles. The topological polar surface area (TPSA) is 64.3 Å². The van der Waals surface area contributed by atoms with Gasteiger partial charge < -0.3 is 15.8 Å². The molecule has 0 aromatic heterocycles. The number of hydrogen-bond acceptors (Lipinski definition) is 4. The Hall–Kier alpha value is -1.78. The number of esters is 1. The number of anilines is 2. The van der Waals surface area contributed by atoms with E-state index in [-0.39, 0.29) is 24.0 Å². The summed E-state index contributed by atoms with van der Waals surface area (Å²) in [4.78, 5) is 11.1. The van der Waals surface area contributed by atoms with Gasteiger partial charge in [-0.25, -0.2) is 4.39 Å². The fourth-order valence-corrected chi connectivity index (χ4v) is 1.23. The van der Waals surface area contributed by atoms with Gasteiger partial charge in [-0.1, -0.05) is 0 Å². The Labute approximate surface area is 93.6 Å². The fourth-order valence-electron chi connectivity index (χ4n) is 1.23. The summed E-state index contributed by atoms with van der Waals surface area (Å²) >= 11 is 0. The zero-order chi connectivity index (χ0) is 12.1. The van der Waals surface area contributed by atoms with Crippen molar-refractivity contribution in [2.45, 2.75) is 13.8 Å². The maximum absolute atomic E-state index is 13.1. The molecule has 0 amide bonds. The van der Waals surface area contributed by atoms with Crippen molar-refractivity contribution in [3.05, 3.63) is 23.5 Å². The molecule has 1 aromatic carbocycles. The highest BCUT2D eigenvalue weighted by Crippen LogP contribution is 2.22. The van der Waals surface area contributed by atoms with Crippen LogP contribution in [-0.2, 0) is 9.53 Å². The van der Waals surface area contributed by atoms with Gasteiger partial charge in [0, 0.05) is 0 Å². The zero-order valence-corrected chi connectivity index (χ0v) is 9.34. The summed E-state index contributed by atoms with van der Waals surface area (Å²) in [6, 6.07) is 2.78. The molecule has 0 saturated heterocycles. The highest BCUT2D eigenvalue weighted by Gasteiger charge is 2.06. The summed E-state index contributed by atoms with van der Waals surface area (Å²) in [7, 11) is 0. The average molecular weight is 226 g/mol. The molecule has 0 fully saturated rings. The average Bonchev–Trinajstić information content (AvgIpc) is 2.22. The van der Waals surface area contributed by atoms with Gasteiger partial charge in [0.05, 0.1) is 18.0 Å². The first-order valence-corrected chi connectivity index (χ1v) is 4.99. The summed E-state index contributed by atoms with van der Waals surface area (Å²) in [6.45, 7) is 3.71. The quantitative estimate of drug-likeness (QED) is 0.605. The van der Waals surface area contributed by atoms with Gasteiger partial charge >= 0.3 is 5.97 Å².